The molecule has 0 fully saturated rings. The Labute approximate surface area is 115 Å². The van der Waals surface area contributed by atoms with Gasteiger partial charge in [0.25, 0.3) is 0 Å². The SMILES string of the molecule is [2H]C(c1c[nH]c2cccc(OP(=O)(O)O)c12)C([2H])([2H])N(C)C. The fourth-order valence-electron chi connectivity index (χ4n) is 1.69. The number of phosphoric acid groups is 1. The summed E-state index contributed by atoms with van der Waals surface area (Å²) in [6.45, 7) is -1.97. The van der Waals surface area contributed by atoms with Gasteiger partial charge in [0.15, 0.2) is 0 Å². The molecule has 0 aliphatic carbocycles. The van der Waals surface area contributed by atoms with Gasteiger partial charge in [0, 0.05) is 27.7 Å². The highest BCUT2D eigenvalue weighted by molar-refractivity contribution is 7.46. The van der Waals surface area contributed by atoms with Crippen molar-refractivity contribution in [3.05, 3.63) is 30.0 Å². The summed E-state index contributed by atoms with van der Waals surface area (Å²) in [7, 11) is -1.72. The first-order valence-corrected chi connectivity index (χ1v) is 7.02. The lowest BCUT2D eigenvalue weighted by Crippen LogP contribution is -2.14. The van der Waals surface area contributed by atoms with E-state index in [9.17, 15) is 4.57 Å². The predicted octanol–water partition coefficient (Wildman–Crippen LogP) is 1.74. The van der Waals surface area contributed by atoms with Crippen molar-refractivity contribution in [3.63, 3.8) is 0 Å². The van der Waals surface area contributed by atoms with Crippen LogP contribution in [0.2, 0.25) is 0 Å². The van der Waals surface area contributed by atoms with Gasteiger partial charge in [-0.2, -0.15) is 0 Å². The van der Waals surface area contributed by atoms with E-state index in [1.807, 2.05) is 0 Å². The summed E-state index contributed by atoms with van der Waals surface area (Å²) in [4.78, 5) is 22.1. The lowest BCUT2D eigenvalue weighted by atomic mass is 10.1. The first kappa shape index (κ1) is 10.5. The fraction of sp³-hybridized carbons (Fsp3) is 0.333. The molecule has 0 amide bonds. The predicted molar refractivity (Wildman–Crippen MR) is 73.2 cm³/mol. The van der Waals surface area contributed by atoms with Crippen LogP contribution in [0.5, 0.6) is 5.75 Å². The summed E-state index contributed by atoms with van der Waals surface area (Å²) < 4.78 is 39.9. The van der Waals surface area contributed by atoms with Gasteiger partial charge in [-0.05, 0) is 38.2 Å². The molecule has 1 aromatic carbocycles. The van der Waals surface area contributed by atoms with Crippen LogP contribution in [-0.4, -0.2) is 40.3 Å². The lowest BCUT2D eigenvalue weighted by molar-refractivity contribution is 0.284. The maximum atomic E-state index is 11.1. The van der Waals surface area contributed by atoms with Gasteiger partial charge in [-0.15, -0.1) is 0 Å². The summed E-state index contributed by atoms with van der Waals surface area (Å²) in [5.74, 6) is -0.0890. The van der Waals surface area contributed by atoms with Crippen LogP contribution in [0.15, 0.2) is 24.4 Å². The number of phosphoric ester groups is 1. The molecule has 1 unspecified atom stereocenters. The van der Waals surface area contributed by atoms with E-state index >= 15 is 0 Å². The second kappa shape index (κ2) is 5.35. The Morgan fingerprint density at radius 3 is 2.84 bits per heavy atom. The minimum Gasteiger partial charge on any atom is -0.404 e. The third-order valence-electron chi connectivity index (χ3n) is 2.39. The number of rotatable bonds is 5. The molecule has 104 valence electrons. The van der Waals surface area contributed by atoms with E-state index in [0.29, 0.717) is 5.52 Å². The number of hydrogen-bond acceptors (Lipinski definition) is 3. The average molecular weight is 287 g/mol. The van der Waals surface area contributed by atoms with Crippen LogP contribution in [0.25, 0.3) is 10.9 Å². The molecule has 3 N–H and O–H groups in total. The smallest absolute Gasteiger partial charge is 0.404 e. The van der Waals surface area contributed by atoms with Crippen molar-refractivity contribution < 1.29 is 23.0 Å². The molecule has 1 atom stereocenters. The molecule has 0 bridgehead atoms. The molecule has 0 spiro atoms. The minimum absolute atomic E-state index is 0.0890. The zero-order chi connectivity index (χ0) is 16.7. The number of hydrogen-bond donors (Lipinski definition) is 3. The van der Waals surface area contributed by atoms with Crippen LogP contribution in [0.3, 0.4) is 0 Å². The van der Waals surface area contributed by atoms with Gasteiger partial charge in [0.05, 0.1) is 0 Å². The maximum absolute atomic E-state index is 11.1. The van der Waals surface area contributed by atoms with Gasteiger partial charge in [0.1, 0.15) is 5.75 Å². The number of aromatic nitrogens is 1. The van der Waals surface area contributed by atoms with E-state index in [-0.39, 0.29) is 16.7 Å². The van der Waals surface area contributed by atoms with Crippen LogP contribution < -0.4 is 4.52 Å². The quantitative estimate of drug-likeness (QED) is 0.729. The van der Waals surface area contributed by atoms with E-state index in [1.54, 1.807) is 12.1 Å². The van der Waals surface area contributed by atoms with Crippen molar-refractivity contribution in [1.29, 1.82) is 0 Å². The molecule has 1 heterocycles. The number of nitrogens with one attached hydrogen (secondary N) is 1. The fourth-order valence-corrected chi connectivity index (χ4v) is 2.10. The van der Waals surface area contributed by atoms with Crippen molar-refractivity contribution in [2.75, 3.05) is 20.6 Å². The normalized spacial score (nSPS) is 17.0. The number of benzene rings is 1. The number of likely N-dealkylation sites (N-methyl/N-ethyl adjacent to an activating group) is 1. The molecule has 0 aliphatic rings. The second-order valence-electron chi connectivity index (χ2n) is 4.17. The minimum atomic E-state index is -4.76. The molecule has 0 aliphatic heterocycles. The molecule has 2 rings (SSSR count). The Hall–Kier alpha value is -1.33. The summed E-state index contributed by atoms with van der Waals surface area (Å²) >= 11 is 0. The molecule has 2 aromatic rings. The van der Waals surface area contributed by atoms with Gasteiger partial charge < -0.3 is 14.4 Å². The molecule has 7 heteroatoms. The zero-order valence-corrected chi connectivity index (χ0v) is 11.4. The molecule has 1 aromatic heterocycles. The second-order valence-corrected chi connectivity index (χ2v) is 5.34. The molecular formula is C12H17N2O4P. The lowest BCUT2D eigenvalue weighted by Gasteiger charge is -2.11. The number of aryl methyl sites for hydroxylation is 1. The van der Waals surface area contributed by atoms with Crippen molar-refractivity contribution in [2.24, 2.45) is 0 Å². The van der Waals surface area contributed by atoms with Crippen LogP contribution in [0, 0.1) is 0 Å². The third-order valence-corrected chi connectivity index (χ3v) is 2.83. The molecule has 0 saturated heterocycles. The number of nitrogens with zero attached hydrogens (tertiary/aromatic N) is 1. The van der Waals surface area contributed by atoms with Gasteiger partial charge in [-0.3, -0.25) is 9.79 Å². The number of aromatic amines is 1. The highest BCUT2D eigenvalue weighted by Gasteiger charge is 2.19. The van der Waals surface area contributed by atoms with Crippen LogP contribution in [0.1, 0.15) is 9.68 Å². The molecule has 0 radical (unpaired) electrons. The van der Waals surface area contributed by atoms with Gasteiger partial charge in [-0.1, -0.05) is 6.07 Å². The number of H-pyrrole nitrogens is 1. The zero-order valence-electron chi connectivity index (χ0n) is 13.5. The van der Waals surface area contributed by atoms with Gasteiger partial charge in [-0.25, -0.2) is 4.57 Å². The highest BCUT2D eigenvalue weighted by Crippen LogP contribution is 2.41. The summed E-state index contributed by atoms with van der Waals surface area (Å²) in [6, 6.07) is 4.58. The van der Waals surface area contributed by atoms with E-state index in [0.717, 1.165) is 0 Å². The Morgan fingerprint density at radius 2 is 2.21 bits per heavy atom. The highest BCUT2D eigenvalue weighted by atomic mass is 31.2. The number of fused-ring (bicyclic) bond motifs is 1. The van der Waals surface area contributed by atoms with Crippen molar-refractivity contribution in [1.82, 2.24) is 9.88 Å². The first-order valence-electron chi connectivity index (χ1n) is 7.06. The van der Waals surface area contributed by atoms with E-state index in [2.05, 4.69) is 9.51 Å². The van der Waals surface area contributed by atoms with Crippen LogP contribution in [-0.2, 0) is 11.0 Å². The molecule has 0 saturated carbocycles. The van der Waals surface area contributed by atoms with Crippen molar-refractivity contribution >= 4 is 18.7 Å². The molecular weight excluding hydrogens is 267 g/mol. The Kier molecular flexibility index (Phi) is 2.94. The average Bonchev–Trinajstić information content (AvgIpc) is 2.80. The summed E-state index contributed by atoms with van der Waals surface area (Å²) in [6.07, 6.45) is 0.161. The van der Waals surface area contributed by atoms with Crippen LogP contribution in [0.4, 0.5) is 0 Å². The Bertz CT molecular complexity index is 728. The first-order chi connectivity index (χ1) is 10.0. The molecule has 19 heavy (non-hydrogen) atoms. The Balaban J connectivity index is 2.59. The van der Waals surface area contributed by atoms with Gasteiger partial charge >= 0.3 is 7.82 Å². The topological polar surface area (TPSA) is 85.8 Å². The maximum Gasteiger partial charge on any atom is 0.524 e. The standard InChI is InChI=1S/C12H17N2O4P/c1-14(2)7-6-9-8-13-10-4-3-5-11(12(9)10)18-19(15,16)17/h3-5,8,13H,6-7H2,1-2H3,(H2,15,16,17)/i6D,7D2. The monoisotopic (exact) mass is 287 g/mol. The van der Waals surface area contributed by atoms with E-state index in [1.165, 1.54) is 31.3 Å². The van der Waals surface area contributed by atoms with Crippen molar-refractivity contribution in [3.8, 4) is 5.75 Å². The summed E-state index contributed by atoms with van der Waals surface area (Å²) in [5, 5.41) is 0.288. The molecule has 6 nitrogen and oxygen atoms in total. The van der Waals surface area contributed by atoms with Crippen LogP contribution >= 0.6 is 7.82 Å². The summed E-state index contributed by atoms with van der Waals surface area (Å²) in [5.41, 5.74) is 0.769. The van der Waals surface area contributed by atoms with Gasteiger partial charge in [0.2, 0.25) is 0 Å². The van der Waals surface area contributed by atoms with Crippen molar-refractivity contribution in [2.45, 2.75) is 6.40 Å². The largest absolute Gasteiger partial charge is 0.524 e. The van der Waals surface area contributed by atoms with E-state index in [4.69, 9.17) is 13.9 Å². The Morgan fingerprint density at radius 1 is 1.47 bits per heavy atom. The third kappa shape index (κ3) is 3.58. The van der Waals surface area contributed by atoms with E-state index < -0.39 is 20.7 Å².